The third-order valence-electron chi connectivity index (χ3n) is 11.9. The van der Waals surface area contributed by atoms with Crippen molar-refractivity contribution in [2.24, 2.45) is 17.3 Å². The minimum Gasteiger partial charge on any atom is -0.455 e. The summed E-state index contributed by atoms with van der Waals surface area (Å²) in [5.74, 6) is 0.277. The maximum Gasteiger partial charge on any atom is 0.293 e. The quantitative estimate of drug-likeness (QED) is 0.0771. The van der Waals surface area contributed by atoms with Gasteiger partial charge in [-0.2, -0.15) is 0 Å². The topological polar surface area (TPSA) is 172 Å². The maximum absolute atomic E-state index is 13.9. The lowest BCUT2D eigenvalue weighted by atomic mass is 9.70. The molecule has 3 N–H and O–H groups in total. The van der Waals surface area contributed by atoms with E-state index in [9.17, 15) is 23.3 Å². The smallest absolute Gasteiger partial charge is 0.293 e. The van der Waals surface area contributed by atoms with Crippen LogP contribution in [0.4, 0.5) is 17.1 Å². The highest BCUT2D eigenvalue weighted by Crippen LogP contribution is 2.47. The first-order valence-corrected chi connectivity index (χ1v) is 21.9. The zero-order valence-corrected chi connectivity index (χ0v) is 34.6. The molecule has 310 valence electrons. The standard InChI is InChI=1S/C43H48ClN7O7S/c1-28(2)40(30-3-5-32(44)6-4-30)50-26-43(27-50)14-17-49(18-15-43)33-7-9-36(39(22-33)58-34-21-31-11-16-45-41(31)47-25-34)42(52)48-59(55,56)35-8-10-37(38(23-35)51(53)54)46-24-29-12-19-57-20-13-29/h3-11,16,21-23,25,28-29,40,46H,12-15,17-20,24,26-27H2,1-2H3,(H,45,47)(H,48,52). The molecule has 0 bridgehead atoms. The van der Waals surface area contributed by atoms with Crippen molar-refractivity contribution in [1.82, 2.24) is 19.6 Å². The molecular formula is C43H48ClN7O7S. The van der Waals surface area contributed by atoms with Crippen LogP contribution in [0.15, 0.2) is 90.1 Å². The Morgan fingerprint density at radius 2 is 1.80 bits per heavy atom. The van der Waals surface area contributed by atoms with Crippen molar-refractivity contribution in [3.63, 3.8) is 0 Å². The number of aromatic nitrogens is 2. The van der Waals surface area contributed by atoms with Crippen molar-refractivity contribution in [1.29, 1.82) is 0 Å². The van der Waals surface area contributed by atoms with E-state index in [1.54, 1.807) is 30.5 Å². The maximum atomic E-state index is 13.9. The number of hydrogen-bond donors (Lipinski definition) is 3. The lowest BCUT2D eigenvalue weighted by Gasteiger charge is -2.57. The van der Waals surface area contributed by atoms with E-state index < -0.39 is 31.4 Å². The number of nitrogens with zero attached hydrogens (tertiary/aromatic N) is 4. The second kappa shape index (κ2) is 16.8. The molecule has 3 saturated heterocycles. The molecule has 0 aliphatic carbocycles. The fraction of sp³-hybridized carbons (Fsp3) is 0.395. The number of aromatic amines is 1. The number of rotatable bonds is 13. The summed E-state index contributed by atoms with van der Waals surface area (Å²) in [6.07, 6.45) is 6.93. The van der Waals surface area contributed by atoms with Gasteiger partial charge in [-0.3, -0.25) is 19.8 Å². The number of carbonyl (C=O) groups excluding carboxylic acids is 1. The number of amides is 1. The molecule has 5 aromatic rings. The second-order valence-corrected chi connectivity index (χ2v) is 18.4. The highest BCUT2D eigenvalue weighted by Gasteiger charge is 2.47. The van der Waals surface area contributed by atoms with Gasteiger partial charge >= 0.3 is 0 Å². The number of hydrogen-bond acceptors (Lipinski definition) is 11. The number of sulfonamides is 1. The Balaban J connectivity index is 0.992. The number of piperidine rings is 1. The first-order chi connectivity index (χ1) is 28.4. The van der Waals surface area contributed by atoms with E-state index in [0.717, 1.165) is 74.0 Å². The Hall–Kier alpha value is -5.22. The van der Waals surface area contributed by atoms with Crippen molar-refractivity contribution in [3.8, 4) is 11.5 Å². The van der Waals surface area contributed by atoms with Crippen LogP contribution in [0.5, 0.6) is 11.5 Å². The number of nitrogens with one attached hydrogen (secondary N) is 3. The molecule has 1 amide bonds. The van der Waals surface area contributed by atoms with Crippen LogP contribution in [-0.2, 0) is 14.8 Å². The van der Waals surface area contributed by atoms with Crippen LogP contribution in [0.3, 0.4) is 0 Å². The van der Waals surface area contributed by atoms with Gasteiger partial charge in [0.15, 0.2) is 0 Å². The number of carbonyl (C=O) groups is 1. The Morgan fingerprint density at radius 1 is 1.05 bits per heavy atom. The molecule has 0 radical (unpaired) electrons. The van der Waals surface area contributed by atoms with Crippen molar-refractivity contribution in [3.05, 3.63) is 111 Å². The van der Waals surface area contributed by atoms with Gasteiger partial charge in [-0.25, -0.2) is 18.1 Å². The molecule has 3 aromatic carbocycles. The Morgan fingerprint density at radius 3 is 2.51 bits per heavy atom. The molecule has 14 nitrogen and oxygen atoms in total. The number of benzene rings is 3. The average Bonchev–Trinajstić information content (AvgIpc) is 3.68. The first kappa shape index (κ1) is 40.6. The molecule has 1 atom stereocenters. The van der Waals surface area contributed by atoms with Gasteiger partial charge in [0, 0.05) is 86.4 Å². The molecule has 3 aliphatic rings. The van der Waals surface area contributed by atoms with Crippen LogP contribution in [0, 0.1) is 27.4 Å². The third kappa shape index (κ3) is 8.88. The van der Waals surface area contributed by atoms with Gasteiger partial charge in [-0.1, -0.05) is 37.6 Å². The molecule has 8 rings (SSSR count). The zero-order valence-electron chi connectivity index (χ0n) is 33.0. The Bertz CT molecular complexity index is 2440. The largest absolute Gasteiger partial charge is 0.455 e. The minimum atomic E-state index is -4.54. The van der Waals surface area contributed by atoms with Gasteiger partial charge in [0.25, 0.3) is 21.6 Å². The van der Waals surface area contributed by atoms with E-state index in [0.29, 0.717) is 43.1 Å². The molecule has 3 fully saturated rings. The molecule has 5 heterocycles. The summed E-state index contributed by atoms with van der Waals surface area (Å²) >= 11 is 6.19. The van der Waals surface area contributed by atoms with Crippen LogP contribution in [-0.4, -0.2) is 80.1 Å². The number of H-pyrrole nitrogens is 1. The van der Waals surface area contributed by atoms with Crippen LogP contribution in [0.2, 0.25) is 5.02 Å². The SMILES string of the molecule is CC(C)C(c1ccc(Cl)cc1)N1CC2(CCN(c3ccc(C(=O)NS(=O)(=O)c4ccc(NCC5CCOCC5)c([N+](=O)[O-])c4)c(Oc4cnc5[nH]ccc5c4)c3)CC2)C1. The molecule has 1 spiro atoms. The van der Waals surface area contributed by atoms with Crippen LogP contribution < -0.4 is 19.7 Å². The summed E-state index contributed by atoms with van der Waals surface area (Å²) in [6.45, 7) is 9.89. The highest BCUT2D eigenvalue weighted by molar-refractivity contribution is 7.90. The van der Waals surface area contributed by atoms with Crippen molar-refractivity contribution < 1.29 is 27.6 Å². The van der Waals surface area contributed by atoms with Gasteiger partial charge in [0.2, 0.25) is 0 Å². The lowest BCUT2D eigenvalue weighted by molar-refractivity contribution is -0.384. The predicted octanol–water partition coefficient (Wildman–Crippen LogP) is 8.17. The molecule has 1 unspecified atom stereocenters. The summed E-state index contributed by atoms with van der Waals surface area (Å²) in [5.41, 5.74) is 2.76. The first-order valence-electron chi connectivity index (χ1n) is 20.0. The lowest BCUT2D eigenvalue weighted by Crippen LogP contribution is -2.61. The van der Waals surface area contributed by atoms with E-state index in [1.807, 2.05) is 18.2 Å². The van der Waals surface area contributed by atoms with Gasteiger partial charge in [-0.15, -0.1) is 0 Å². The second-order valence-electron chi connectivity index (χ2n) is 16.3. The van der Waals surface area contributed by atoms with Gasteiger partial charge in [-0.05, 0) is 97.0 Å². The van der Waals surface area contributed by atoms with E-state index in [-0.39, 0.29) is 28.3 Å². The molecule has 2 aromatic heterocycles. The normalized spacial score (nSPS) is 17.8. The number of likely N-dealkylation sites (tertiary alicyclic amines) is 1. The summed E-state index contributed by atoms with van der Waals surface area (Å²) in [7, 11) is -4.54. The number of halogens is 1. The van der Waals surface area contributed by atoms with Crippen molar-refractivity contribution in [2.75, 3.05) is 56.2 Å². The number of anilines is 2. The minimum absolute atomic E-state index is 0.0271. The van der Waals surface area contributed by atoms with Crippen LogP contribution >= 0.6 is 11.6 Å². The van der Waals surface area contributed by atoms with E-state index in [4.69, 9.17) is 21.1 Å². The molecule has 3 aliphatic heterocycles. The van der Waals surface area contributed by atoms with Crippen molar-refractivity contribution >= 4 is 55.6 Å². The Labute approximate surface area is 348 Å². The monoisotopic (exact) mass is 841 g/mol. The van der Waals surface area contributed by atoms with E-state index >= 15 is 0 Å². The summed E-state index contributed by atoms with van der Waals surface area (Å²) in [6, 6.07) is 20.8. The Kier molecular flexibility index (Phi) is 11.5. The number of fused-ring (bicyclic) bond motifs is 1. The summed E-state index contributed by atoms with van der Waals surface area (Å²) < 4.78 is 41.1. The zero-order chi connectivity index (χ0) is 41.3. The fourth-order valence-corrected chi connectivity index (χ4v) is 9.86. The summed E-state index contributed by atoms with van der Waals surface area (Å²) in [4.78, 5) is 37.2. The van der Waals surface area contributed by atoms with Crippen LogP contribution in [0.1, 0.15) is 61.5 Å². The van der Waals surface area contributed by atoms with E-state index in [1.165, 1.54) is 23.9 Å². The number of pyridine rings is 1. The average molecular weight is 842 g/mol. The third-order valence-corrected chi connectivity index (χ3v) is 13.5. The molecule has 0 saturated carbocycles. The highest BCUT2D eigenvalue weighted by atomic mass is 35.5. The number of nitro benzene ring substituents is 1. The van der Waals surface area contributed by atoms with Gasteiger partial charge < -0.3 is 24.7 Å². The molecule has 16 heteroatoms. The van der Waals surface area contributed by atoms with Gasteiger partial charge in [0.05, 0.1) is 21.6 Å². The van der Waals surface area contributed by atoms with E-state index in [2.05, 4.69) is 55.8 Å². The number of nitro groups is 1. The predicted molar refractivity (Wildman–Crippen MR) is 227 cm³/mol. The molecular weight excluding hydrogens is 794 g/mol. The van der Waals surface area contributed by atoms with Gasteiger partial charge in [0.1, 0.15) is 22.8 Å². The fourth-order valence-electron chi connectivity index (χ4n) is 8.75. The summed E-state index contributed by atoms with van der Waals surface area (Å²) in [5, 5.41) is 16.7. The molecule has 59 heavy (non-hydrogen) atoms. The van der Waals surface area contributed by atoms with Crippen LogP contribution in [0.25, 0.3) is 11.0 Å². The number of ether oxygens (including phenoxy) is 2. The van der Waals surface area contributed by atoms with Crippen molar-refractivity contribution in [2.45, 2.75) is 50.5 Å².